The maximum atomic E-state index is 13.8. The average Bonchev–Trinajstić information content (AvgIpc) is 3.46. The Hall–Kier alpha value is -4.21. The lowest BCUT2D eigenvalue weighted by Gasteiger charge is -2.08. The first-order valence-corrected chi connectivity index (χ1v) is 9.20. The molecule has 4 aromatic heterocycles. The lowest BCUT2D eigenvalue weighted by molar-refractivity contribution is 0.143. The zero-order valence-corrected chi connectivity index (χ0v) is 16.1. The highest BCUT2D eigenvalue weighted by molar-refractivity contribution is 5.74. The third kappa shape index (κ3) is 3.37. The van der Waals surface area contributed by atoms with Gasteiger partial charge in [-0.15, -0.1) is 10.2 Å². The number of methoxy groups -OCH3 is 1. The largest absolute Gasteiger partial charge is 0.497 e. The minimum atomic E-state index is -2.76. The summed E-state index contributed by atoms with van der Waals surface area (Å²) in [4.78, 5) is 8.71. The number of hydrogen-bond donors (Lipinski definition) is 0. The molecular weight excluding hydrogens is 406 g/mol. The van der Waals surface area contributed by atoms with Crippen LogP contribution in [0.25, 0.3) is 39.9 Å². The molecule has 0 N–H and O–H groups in total. The van der Waals surface area contributed by atoms with Crippen LogP contribution in [0, 0.1) is 0 Å². The van der Waals surface area contributed by atoms with E-state index in [-0.39, 0.29) is 23.1 Å². The van der Waals surface area contributed by atoms with Gasteiger partial charge in [0.1, 0.15) is 22.7 Å². The van der Waals surface area contributed by atoms with Crippen LogP contribution in [0.2, 0.25) is 0 Å². The summed E-state index contributed by atoms with van der Waals surface area (Å²) in [5.74, 6) is 0.961. The standard InChI is InChI=1S/C21H14F2N6O2/c1-30-13-7-5-12(6-8-13)16-10-17(18(22)23)29-19(26-16)14(11-25-29)20-27-28-21(31-20)15-4-2-3-9-24-15/h2-11,18H,1H3. The summed E-state index contributed by atoms with van der Waals surface area (Å²) >= 11 is 0. The van der Waals surface area contributed by atoms with Gasteiger partial charge in [0.25, 0.3) is 18.2 Å². The Bertz CT molecular complexity index is 1350. The lowest BCUT2D eigenvalue weighted by Crippen LogP contribution is -2.02. The number of hydrogen-bond acceptors (Lipinski definition) is 7. The molecule has 1 aromatic carbocycles. The average molecular weight is 420 g/mol. The first kappa shape index (κ1) is 18.8. The Morgan fingerprint density at radius 3 is 2.52 bits per heavy atom. The fraction of sp³-hybridized carbons (Fsp3) is 0.0952. The van der Waals surface area contributed by atoms with Gasteiger partial charge in [-0.3, -0.25) is 4.98 Å². The van der Waals surface area contributed by atoms with Gasteiger partial charge in [0, 0.05) is 11.8 Å². The van der Waals surface area contributed by atoms with E-state index in [1.807, 2.05) is 0 Å². The minimum Gasteiger partial charge on any atom is -0.497 e. The van der Waals surface area contributed by atoms with E-state index < -0.39 is 6.43 Å². The lowest BCUT2D eigenvalue weighted by atomic mass is 10.1. The molecule has 0 amide bonds. The maximum Gasteiger partial charge on any atom is 0.280 e. The van der Waals surface area contributed by atoms with E-state index in [1.165, 1.54) is 12.3 Å². The summed E-state index contributed by atoms with van der Waals surface area (Å²) in [6.45, 7) is 0. The fourth-order valence-electron chi connectivity index (χ4n) is 3.13. The minimum absolute atomic E-state index is 0.107. The number of halogens is 2. The van der Waals surface area contributed by atoms with Crippen LogP contribution in [0.15, 0.2) is 65.3 Å². The number of ether oxygens (including phenoxy) is 1. The molecule has 8 nitrogen and oxygen atoms in total. The molecule has 0 aliphatic carbocycles. The highest BCUT2D eigenvalue weighted by Crippen LogP contribution is 2.31. The van der Waals surface area contributed by atoms with Crippen LogP contribution in [-0.2, 0) is 0 Å². The number of fused-ring (bicyclic) bond motifs is 1. The summed E-state index contributed by atoms with van der Waals surface area (Å²) in [5.41, 5.74) is 1.73. The molecule has 0 unspecified atom stereocenters. The number of aromatic nitrogens is 6. The second kappa shape index (κ2) is 7.56. The Balaban J connectivity index is 1.64. The van der Waals surface area contributed by atoms with E-state index in [4.69, 9.17) is 9.15 Å². The number of benzene rings is 1. The molecule has 31 heavy (non-hydrogen) atoms. The third-order valence-electron chi connectivity index (χ3n) is 4.65. The summed E-state index contributed by atoms with van der Waals surface area (Å²) in [6.07, 6.45) is 0.218. The molecule has 0 radical (unpaired) electrons. The molecular formula is C21H14F2N6O2. The summed E-state index contributed by atoms with van der Waals surface area (Å²) < 4.78 is 39.5. The molecule has 4 heterocycles. The van der Waals surface area contributed by atoms with Gasteiger partial charge in [-0.05, 0) is 42.5 Å². The van der Waals surface area contributed by atoms with Crippen LogP contribution in [0.3, 0.4) is 0 Å². The van der Waals surface area contributed by atoms with Crippen LogP contribution >= 0.6 is 0 Å². The van der Waals surface area contributed by atoms with Crippen LogP contribution in [0.1, 0.15) is 12.1 Å². The van der Waals surface area contributed by atoms with Crippen molar-refractivity contribution in [1.82, 2.24) is 29.8 Å². The molecule has 0 spiro atoms. The third-order valence-corrected chi connectivity index (χ3v) is 4.65. The van der Waals surface area contributed by atoms with Gasteiger partial charge >= 0.3 is 0 Å². The monoisotopic (exact) mass is 420 g/mol. The van der Waals surface area contributed by atoms with E-state index in [0.717, 1.165) is 4.52 Å². The van der Waals surface area contributed by atoms with Crippen LogP contribution in [-0.4, -0.2) is 36.9 Å². The first-order chi connectivity index (χ1) is 15.1. The summed E-state index contributed by atoms with van der Waals surface area (Å²) in [6, 6.07) is 13.5. The normalized spacial score (nSPS) is 11.4. The van der Waals surface area contributed by atoms with Crippen molar-refractivity contribution in [2.45, 2.75) is 6.43 Å². The van der Waals surface area contributed by atoms with E-state index in [9.17, 15) is 8.78 Å². The van der Waals surface area contributed by atoms with Gasteiger partial charge in [0.05, 0.1) is 19.0 Å². The van der Waals surface area contributed by atoms with Crippen molar-refractivity contribution >= 4 is 5.65 Å². The number of nitrogens with zero attached hydrogens (tertiary/aromatic N) is 6. The van der Waals surface area contributed by atoms with Crippen molar-refractivity contribution in [2.75, 3.05) is 7.11 Å². The Labute approximate surface area is 174 Å². The zero-order chi connectivity index (χ0) is 21.4. The molecule has 10 heteroatoms. The Morgan fingerprint density at radius 2 is 1.81 bits per heavy atom. The van der Waals surface area contributed by atoms with Crippen molar-refractivity contribution < 1.29 is 17.9 Å². The molecule has 154 valence electrons. The van der Waals surface area contributed by atoms with Crippen LogP contribution < -0.4 is 4.74 Å². The zero-order valence-electron chi connectivity index (χ0n) is 16.1. The van der Waals surface area contributed by atoms with Crippen molar-refractivity contribution in [3.8, 4) is 40.0 Å². The topological polar surface area (TPSA) is 91.2 Å². The van der Waals surface area contributed by atoms with Gasteiger partial charge in [-0.2, -0.15) is 5.10 Å². The van der Waals surface area contributed by atoms with Gasteiger partial charge < -0.3 is 9.15 Å². The molecule has 0 aliphatic rings. The smallest absolute Gasteiger partial charge is 0.280 e. The van der Waals surface area contributed by atoms with E-state index in [2.05, 4.69) is 25.3 Å². The van der Waals surface area contributed by atoms with E-state index in [1.54, 1.807) is 55.8 Å². The SMILES string of the molecule is COc1ccc(-c2cc(C(F)F)n3ncc(-c4nnc(-c5ccccn5)o4)c3n2)cc1. The van der Waals surface area contributed by atoms with Crippen LogP contribution in [0.5, 0.6) is 5.75 Å². The van der Waals surface area contributed by atoms with E-state index in [0.29, 0.717) is 28.3 Å². The molecule has 0 bridgehead atoms. The quantitative estimate of drug-likeness (QED) is 0.415. The highest BCUT2D eigenvalue weighted by atomic mass is 19.3. The number of rotatable bonds is 5. The second-order valence-corrected chi connectivity index (χ2v) is 6.52. The second-order valence-electron chi connectivity index (χ2n) is 6.52. The van der Waals surface area contributed by atoms with E-state index >= 15 is 0 Å². The van der Waals surface area contributed by atoms with Gasteiger partial charge in [-0.25, -0.2) is 18.3 Å². The van der Waals surface area contributed by atoms with Crippen molar-refractivity contribution in [3.05, 3.63) is 66.6 Å². The van der Waals surface area contributed by atoms with Gasteiger partial charge in [0.15, 0.2) is 5.65 Å². The maximum absolute atomic E-state index is 13.8. The number of alkyl halides is 2. The van der Waals surface area contributed by atoms with Crippen molar-refractivity contribution in [1.29, 1.82) is 0 Å². The molecule has 0 fully saturated rings. The first-order valence-electron chi connectivity index (χ1n) is 9.20. The predicted octanol–water partition coefficient (Wildman–Crippen LogP) is 4.45. The highest BCUT2D eigenvalue weighted by Gasteiger charge is 2.22. The molecule has 5 rings (SSSR count). The molecule has 0 saturated carbocycles. The Kier molecular flexibility index (Phi) is 4.58. The molecule has 5 aromatic rings. The molecule has 0 atom stereocenters. The number of pyridine rings is 1. The molecule has 0 aliphatic heterocycles. The summed E-state index contributed by atoms with van der Waals surface area (Å²) in [7, 11) is 1.55. The summed E-state index contributed by atoms with van der Waals surface area (Å²) in [5, 5.41) is 12.1. The Morgan fingerprint density at radius 1 is 1.00 bits per heavy atom. The van der Waals surface area contributed by atoms with Gasteiger partial charge in [0.2, 0.25) is 0 Å². The van der Waals surface area contributed by atoms with Gasteiger partial charge in [-0.1, -0.05) is 6.07 Å². The fourth-order valence-corrected chi connectivity index (χ4v) is 3.13. The van der Waals surface area contributed by atoms with Crippen molar-refractivity contribution in [3.63, 3.8) is 0 Å². The van der Waals surface area contributed by atoms with Crippen LogP contribution in [0.4, 0.5) is 8.78 Å². The predicted molar refractivity (Wildman–Crippen MR) is 106 cm³/mol. The van der Waals surface area contributed by atoms with Crippen molar-refractivity contribution in [2.24, 2.45) is 0 Å². The molecule has 0 saturated heterocycles.